The SMILES string of the molecule is N=C(c1ccc(C(=O)Nc2sccc2C(=O)Nc2ccc(Cl)cn2)cc1)N1CCCC1. The van der Waals surface area contributed by atoms with Crippen molar-refractivity contribution in [3.05, 3.63) is 75.8 Å². The molecule has 0 aliphatic carbocycles. The number of carbonyl (C=O) groups excluding carboxylic acids is 2. The van der Waals surface area contributed by atoms with Crippen LogP contribution in [0.2, 0.25) is 5.02 Å². The lowest BCUT2D eigenvalue weighted by molar-refractivity contribution is 0.102. The number of benzene rings is 1. The Bertz CT molecular complexity index is 1110. The fraction of sp³-hybridized carbons (Fsp3) is 0.182. The molecule has 0 saturated carbocycles. The summed E-state index contributed by atoms with van der Waals surface area (Å²) in [4.78, 5) is 31.4. The van der Waals surface area contributed by atoms with Crippen LogP contribution >= 0.6 is 22.9 Å². The molecule has 2 amide bonds. The summed E-state index contributed by atoms with van der Waals surface area (Å²) in [6.07, 6.45) is 3.65. The molecule has 31 heavy (non-hydrogen) atoms. The number of amidine groups is 1. The molecule has 2 aromatic heterocycles. The fourth-order valence-electron chi connectivity index (χ4n) is 3.30. The van der Waals surface area contributed by atoms with Crippen LogP contribution in [0, 0.1) is 5.41 Å². The first-order valence-electron chi connectivity index (χ1n) is 9.77. The Kier molecular flexibility index (Phi) is 6.29. The second-order valence-electron chi connectivity index (χ2n) is 7.05. The number of carbonyl (C=O) groups is 2. The van der Waals surface area contributed by atoms with E-state index in [0.29, 0.717) is 32.8 Å². The number of nitrogens with zero attached hydrogens (tertiary/aromatic N) is 2. The molecule has 1 aromatic carbocycles. The summed E-state index contributed by atoms with van der Waals surface area (Å²) in [5.74, 6) is 0.160. The van der Waals surface area contributed by atoms with Crippen LogP contribution in [0.1, 0.15) is 39.1 Å². The quantitative estimate of drug-likeness (QED) is 0.384. The number of amides is 2. The maximum atomic E-state index is 12.7. The lowest BCUT2D eigenvalue weighted by atomic mass is 10.1. The first kappa shape index (κ1) is 21.0. The van der Waals surface area contributed by atoms with E-state index in [1.54, 1.807) is 47.8 Å². The van der Waals surface area contributed by atoms with Crippen LogP contribution in [0.3, 0.4) is 0 Å². The summed E-state index contributed by atoms with van der Waals surface area (Å²) in [6.45, 7) is 1.80. The van der Waals surface area contributed by atoms with Crippen LogP contribution in [-0.2, 0) is 0 Å². The summed E-state index contributed by atoms with van der Waals surface area (Å²) in [6, 6.07) is 11.8. The van der Waals surface area contributed by atoms with Gasteiger partial charge in [0.2, 0.25) is 0 Å². The van der Waals surface area contributed by atoms with Crippen LogP contribution in [0.5, 0.6) is 0 Å². The van der Waals surface area contributed by atoms with E-state index in [4.69, 9.17) is 17.0 Å². The number of pyridine rings is 1. The van der Waals surface area contributed by atoms with E-state index < -0.39 is 0 Å². The molecule has 0 atom stereocenters. The highest BCUT2D eigenvalue weighted by atomic mass is 35.5. The molecule has 9 heteroatoms. The molecule has 7 nitrogen and oxygen atoms in total. The molecular weight excluding hydrogens is 434 g/mol. The molecule has 3 heterocycles. The van der Waals surface area contributed by atoms with E-state index in [1.807, 2.05) is 4.90 Å². The van der Waals surface area contributed by atoms with Crippen molar-refractivity contribution in [2.24, 2.45) is 0 Å². The number of hydrogen-bond donors (Lipinski definition) is 3. The minimum Gasteiger partial charge on any atom is -0.357 e. The predicted molar refractivity (Wildman–Crippen MR) is 124 cm³/mol. The first-order chi connectivity index (χ1) is 15.0. The molecular formula is C22H20ClN5O2S. The lowest BCUT2D eigenvalue weighted by Crippen LogP contribution is -2.27. The topological polar surface area (TPSA) is 98.2 Å². The van der Waals surface area contributed by atoms with Gasteiger partial charge in [-0.3, -0.25) is 15.0 Å². The Balaban J connectivity index is 1.42. The van der Waals surface area contributed by atoms with E-state index in [-0.39, 0.29) is 11.8 Å². The van der Waals surface area contributed by atoms with E-state index in [2.05, 4.69) is 15.6 Å². The molecule has 0 unspecified atom stereocenters. The summed E-state index contributed by atoms with van der Waals surface area (Å²) in [5.41, 5.74) is 1.59. The van der Waals surface area contributed by atoms with Crippen molar-refractivity contribution in [1.82, 2.24) is 9.88 Å². The number of halogens is 1. The lowest BCUT2D eigenvalue weighted by Gasteiger charge is -2.18. The first-order valence-corrected chi connectivity index (χ1v) is 11.0. The number of thiophene rings is 1. The molecule has 3 N–H and O–H groups in total. The summed E-state index contributed by atoms with van der Waals surface area (Å²) < 4.78 is 0. The minimum absolute atomic E-state index is 0.319. The molecule has 0 radical (unpaired) electrons. The third kappa shape index (κ3) is 4.92. The summed E-state index contributed by atoms with van der Waals surface area (Å²) in [5, 5.41) is 16.5. The van der Waals surface area contributed by atoms with Crippen LogP contribution < -0.4 is 10.6 Å². The van der Waals surface area contributed by atoms with Crippen molar-refractivity contribution in [2.45, 2.75) is 12.8 Å². The van der Waals surface area contributed by atoms with Gasteiger partial charge in [0.05, 0.1) is 10.6 Å². The van der Waals surface area contributed by atoms with Gasteiger partial charge in [0.15, 0.2) is 0 Å². The number of nitrogens with one attached hydrogen (secondary N) is 3. The van der Waals surface area contributed by atoms with Gasteiger partial charge < -0.3 is 15.5 Å². The summed E-state index contributed by atoms with van der Waals surface area (Å²) in [7, 11) is 0. The number of anilines is 2. The second kappa shape index (κ2) is 9.28. The van der Waals surface area contributed by atoms with Gasteiger partial charge in [0.1, 0.15) is 16.7 Å². The smallest absolute Gasteiger partial charge is 0.259 e. The average Bonchev–Trinajstić information content (AvgIpc) is 3.47. The van der Waals surface area contributed by atoms with Crippen molar-refractivity contribution in [1.29, 1.82) is 5.41 Å². The van der Waals surface area contributed by atoms with Crippen molar-refractivity contribution >= 4 is 51.4 Å². The van der Waals surface area contributed by atoms with Gasteiger partial charge in [-0.15, -0.1) is 11.3 Å². The monoisotopic (exact) mass is 453 g/mol. The molecule has 0 spiro atoms. The van der Waals surface area contributed by atoms with E-state index in [9.17, 15) is 9.59 Å². The van der Waals surface area contributed by atoms with Gasteiger partial charge in [0.25, 0.3) is 11.8 Å². The number of aromatic nitrogens is 1. The number of rotatable bonds is 5. The van der Waals surface area contributed by atoms with Gasteiger partial charge in [-0.05, 0) is 48.6 Å². The Morgan fingerprint density at radius 3 is 2.35 bits per heavy atom. The summed E-state index contributed by atoms with van der Waals surface area (Å²) >= 11 is 7.08. The van der Waals surface area contributed by atoms with E-state index in [0.717, 1.165) is 31.5 Å². The normalized spacial score (nSPS) is 13.1. The highest BCUT2D eigenvalue weighted by Crippen LogP contribution is 2.25. The molecule has 1 saturated heterocycles. The fourth-order valence-corrected chi connectivity index (χ4v) is 4.19. The minimum atomic E-state index is -0.374. The van der Waals surface area contributed by atoms with Crippen LogP contribution in [-0.4, -0.2) is 40.6 Å². The number of likely N-dealkylation sites (tertiary alicyclic amines) is 1. The van der Waals surface area contributed by atoms with Crippen molar-refractivity contribution in [3.63, 3.8) is 0 Å². The largest absolute Gasteiger partial charge is 0.357 e. The predicted octanol–water partition coefficient (Wildman–Crippen LogP) is 4.72. The maximum absolute atomic E-state index is 12.7. The van der Waals surface area contributed by atoms with Gasteiger partial charge in [-0.25, -0.2) is 4.98 Å². The van der Waals surface area contributed by atoms with E-state index >= 15 is 0 Å². The van der Waals surface area contributed by atoms with Gasteiger partial charge in [-0.1, -0.05) is 23.7 Å². The van der Waals surface area contributed by atoms with Crippen molar-refractivity contribution < 1.29 is 9.59 Å². The third-order valence-corrected chi connectivity index (χ3v) is 6.00. The zero-order valence-corrected chi connectivity index (χ0v) is 18.1. The van der Waals surface area contributed by atoms with Crippen molar-refractivity contribution in [2.75, 3.05) is 23.7 Å². The van der Waals surface area contributed by atoms with Gasteiger partial charge in [0, 0.05) is 30.4 Å². The second-order valence-corrected chi connectivity index (χ2v) is 8.41. The highest BCUT2D eigenvalue weighted by molar-refractivity contribution is 7.14. The zero-order chi connectivity index (χ0) is 21.8. The van der Waals surface area contributed by atoms with Crippen LogP contribution in [0.25, 0.3) is 0 Å². The standard InChI is InChI=1S/C22H20ClN5O2S/c23-16-7-8-18(25-13-16)26-21(30)17-9-12-31-22(17)27-20(29)15-5-3-14(4-6-15)19(24)28-10-1-2-11-28/h3-9,12-13,24H,1-2,10-11H2,(H,27,29)(H,25,26,30). The molecule has 3 aromatic rings. The number of hydrogen-bond acceptors (Lipinski definition) is 5. The van der Waals surface area contributed by atoms with E-state index in [1.165, 1.54) is 17.5 Å². The molecule has 1 aliphatic heterocycles. The molecule has 158 valence electrons. The molecule has 1 fully saturated rings. The average molecular weight is 454 g/mol. The zero-order valence-electron chi connectivity index (χ0n) is 16.5. The molecule has 0 bridgehead atoms. The Hall–Kier alpha value is -3.23. The van der Waals surface area contributed by atoms with Gasteiger partial charge >= 0.3 is 0 Å². The Morgan fingerprint density at radius 2 is 1.68 bits per heavy atom. The van der Waals surface area contributed by atoms with Crippen LogP contribution in [0.15, 0.2) is 54.0 Å². The van der Waals surface area contributed by atoms with Crippen molar-refractivity contribution in [3.8, 4) is 0 Å². The third-order valence-electron chi connectivity index (χ3n) is 4.95. The van der Waals surface area contributed by atoms with Gasteiger partial charge in [-0.2, -0.15) is 0 Å². The molecule has 4 rings (SSSR count). The van der Waals surface area contributed by atoms with Crippen LogP contribution in [0.4, 0.5) is 10.8 Å². The maximum Gasteiger partial charge on any atom is 0.259 e. The Labute approximate surface area is 188 Å². The Morgan fingerprint density at radius 1 is 0.968 bits per heavy atom. The highest BCUT2D eigenvalue weighted by Gasteiger charge is 2.18. The molecule has 1 aliphatic rings.